The number of hydrogen-bond donors (Lipinski definition) is 3. The van der Waals surface area contributed by atoms with Gasteiger partial charge in [0.1, 0.15) is 18.8 Å². The molecule has 0 aromatic heterocycles. The molecule has 2 rings (SSSR count). The largest absolute Gasteiger partial charge is 0.445 e. The maximum Gasteiger partial charge on any atom is 0.407 e. The van der Waals surface area contributed by atoms with Crippen molar-refractivity contribution in [1.82, 2.24) is 5.32 Å². The van der Waals surface area contributed by atoms with Gasteiger partial charge in [-0.1, -0.05) is 61.5 Å². The summed E-state index contributed by atoms with van der Waals surface area (Å²) in [5.41, 5.74) is 2.64. The summed E-state index contributed by atoms with van der Waals surface area (Å²) in [4.78, 5) is 11.6. The summed E-state index contributed by atoms with van der Waals surface area (Å²) in [5.74, 6) is 0. The van der Waals surface area contributed by atoms with Crippen LogP contribution in [0.1, 0.15) is 29.7 Å². The molecule has 2 aromatic carbocycles. The lowest BCUT2D eigenvalue weighted by Gasteiger charge is -2.19. The van der Waals surface area contributed by atoms with Crippen LogP contribution in [0.3, 0.4) is 0 Å². The molecular weight excluding hydrogens is 306 g/mol. The standard InChI is InChI=1S/C19H23NO4/c1-2-14-8-10-16(11-9-14)18(22)17(21)12-20-19(23)24-13-15-6-4-3-5-7-15/h3-11,17-18,21-22H,2,12-13H2,1H3,(H,20,23). The van der Waals surface area contributed by atoms with E-state index >= 15 is 0 Å². The van der Waals surface area contributed by atoms with Crippen molar-refractivity contribution in [2.24, 2.45) is 0 Å². The minimum atomic E-state index is -1.11. The Morgan fingerprint density at radius 1 is 1.04 bits per heavy atom. The summed E-state index contributed by atoms with van der Waals surface area (Å²) < 4.78 is 5.05. The highest BCUT2D eigenvalue weighted by atomic mass is 16.5. The van der Waals surface area contributed by atoms with E-state index in [1.807, 2.05) is 49.4 Å². The summed E-state index contributed by atoms with van der Waals surface area (Å²) in [6.07, 6.45) is -1.90. The van der Waals surface area contributed by atoms with Crippen LogP contribution < -0.4 is 5.32 Å². The molecule has 1 amide bonds. The van der Waals surface area contributed by atoms with Gasteiger partial charge in [0, 0.05) is 6.54 Å². The van der Waals surface area contributed by atoms with Crippen LogP contribution in [0, 0.1) is 0 Å². The van der Waals surface area contributed by atoms with Gasteiger partial charge in [-0.25, -0.2) is 4.79 Å². The van der Waals surface area contributed by atoms with Gasteiger partial charge in [0.05, 0.1) is 0 Å². The van der Waals surface area contributed by atoms with Crippen molar-refractivity contribution < 1.29 is 19.7 Å². The molecule has 2 aromatic rings. The van der Waals surface area contributed by atoms with Gasteiger partial charge in [-0.3, -0.25) is 0 Å². The third-order valence-corrected chi connectivity index (χ3v) is 3.76. The number of alkyl carbamates (subject to hydrolysis) is 1. The molecule has 3 N–H and O–H groups in total. The van der Waals surface area contributed by atoms with Gasteiger partial charge >= 0.3 is 6.09 Å². The first-order valence-electron chi connectivity index (χ1n) is 7.99. The number of rotatable bonds is 7. The second kappa shape index (κ2) is 9.05. The average Bonchev–Trinajstić information content (AvgIpc) is 2.64. The molecule has 5 nitrogen and oxygen atoms in total. The second-order valence-corrected chi connectivity index (χ2v) is 5.55. The number of aliphatic hydroxyl groups excluding tert-OH is 2. The van der Waals surface area contributed by atoms with Crippen molar-refractivity contribution in [2.45, 2.75) is 32.2 Å². The average molecular weight is 329 g/mol. The van der Waals surface area contributed by atoms with E-state index in [9.17, 15) is 15.0 Å². The van der Waals surface area contributed by atoms with Crippen LogP contribution in [0.15, 0.2) is 54.6 Å². The molecule has 0 saturated heterocycles. The van der Waals surface area contributed by atoms with Gasteiger partial charge in [0.25, 0.3) is 0 Å². The molecule has 0 heterocycles. The third-order valence-electron chi connectivity index (χ3n) is 3.76. The normalized spacial score (nSPS) is 13.1. The van der Waals surface area contributed by atoms with Gasteiger partial charge in [0.2, 0.25) is 0 Å². The number of benzene rings is 2. The Morgan fingerprint density at radius 3 is 2.33 bits per heavy atom. The van der Waals surface area contributed by atoms with Crippen LogP contribution >= 0.6 is 0 Å². The molecule has 0 aliphatic rings. The van der Waals surface area contributed by atoms with Gasteiger partial charge in [-0.05, 0) is 23.1 Å². The lowest BCUT2D eigenvalue weighted by Crippen LogP contribution is -2.35. The predicted molar refractivity (Wildman–Crippen MR) is 91.4 cm³/mol. The van der Waals surface area contributed by atoms with E-state index in [-0.39, 0.29) is 13.2 Å². The van der Waals surface area contributed by atoms with Crippen LogP contribution in [0.2, 0.25) is 0 Å². The molecule has 128 valence electrons. The number of carbonyl (C=O) groups is 1. The second-order valence-electron chi connectivity index (χ2n) is 5.55. The summed E-state index contributed by atoms with van der Waals surface area (Å²) in [7, 11) is 0. The zero-order valence-corrected chi connectivity index (χ0v) is 13.7. The third kappa shape index (κ3) is 5.37. The molecule has 0 radical (unpaired) electrons. The topological polar surface area (TPSA) is 78.8 Å². The molecule has 2 unspecified atom stereocenters. The summed E-state index contributed by atoms with van der Waals surface area (Å²) >= 11 is 0. The highest BCUT2D eigenvalue weighted by molar-refractivity contribution is 5.67. The van der Waals surface area contributed by atoms with E-state index in [0.717, 1.165) is 17.5 Å². The minimum Gasteiger partial charge on any atom is -0.445 e. The Morgan fingerprint density at radius 2 is 1.71 bits per heavy atom. The molecule has 0 saturated carbocycles. The smallest absolute Gasteiger partial charge is 0.407 e. The van der Waals surface area contributed by atoms with Crippen molar-refractivity contribution >= 4 is 6.09 Å². The fraction of sp³-hybridized carbons (Fsp3) is 0.316. The van der Waals surface area contributed by atoms with Crippen molar-refractivity contribution in [2.75, 3.05) is 6.54 Å². The summed E-state index contributed by atoms with van der Waals surface area (Å²) in [6.45, 7) is 2.11. The van der Waals surface area contributed by atoms with E-state index in [4.69, 9.17) is 4.74 Å². The SMILES string of the molecule is CCc1ccc(C(O)C(O)CNC(=O)OCc2ccccc2)cc1. The Labute approximate surface area is 141 Å². The van der Waals surface area contributed by atoms with Gasteiger partial charge in [-0.2, -0.15) is 0 Å². The van der Waals surface area contributed by atoms with Gasteiger partial charge in [0.15, 0.2) is 0 Å². The highest BCUT2D eigenvalue weighted by Crippen LogP contribution is 2.17. The van der Waals surface area contributed by atoms with Crippen molar-refractivity contribution in [3.05, 3.63) is 71.3 Å². The Balaban J connectivity index is 1.76. The molecule has 5 heteroatoms. The zero-order chi connectivity index (χ0) is 17.4. The number of carbonyl (C=O) groups excluding carboxylic acids is 1. The van der Waals surface area contributed by atoms with Crippen molar-refractivity contribution in [1.29, 1.82) is 0 Å². The molecular formula is C19H23NO4. The first kappa shape index (κ1) is 18.0. The van der Waals surface area contributed by atoms with Crippen molar-refractivity contribution in [3.63, 3.8) is 0 Å². The van der Waals surface area contributed by atoms with Crippen LogP contribution in [0.5, 0.6) is 0 Å². The minimum absolute atomic E-state index is 0.0929. The lowest BCUT2D eigenvalue weighted by molar-refractivity contribution is 0.0184. The van der Waals surface area contributed by atoms with E-state index in [1.165, 1.54) is 0 Å². The number of aliphatic hydroxyl groups is 2. The van der Waals surface area contributed by atoms with Gasteiger partial charge in [-0.15, -0.1) is 0 Å². The molecule has 0 bridgehead atoms. The predicted octanol–water partition coefficient (Wildman–Crippen LogP) is 2.57. The number of amides is 1. The molecule has 24 heavy (non-hydrogen) atoms. The van der Waals surface area contributed by atoms with Crippen molar-refractivity contribution in [3.8, 4) is 0 Å². The number of hydrogen-bond acceptors (Lipinski definition) is 4. The Bertz CT molecular complexity index is 628. The van der Waals surface area contributed by atoms with E-state index in [2.05, 4.69) is 5.32 Å². The first-order chi connectivity index (χ1) is 11.6. The van der Waals surface area contributed by atoms with E-state index in [1.54, 1.807) is 12.1 Å². The van der Waals surface area contributed by atoms with Crippen LogP contribution in [-0.4, -0.2) is 29.0 Å². The zero-order valence-electron chi connectivity index (χ0n) is 13.7. The van der Waals surface area contributed by atoms with Crippen LogP contribution in [-0.2, 0) is 17.8 Å². The first-order valence-corrected chi connectivity index (χ1v) is 7.99. The monoisotopic (exact) mass is 329 g/mol. The Hall–Kier alpha value is -2.37. The number of aryl methyl sites for hydroxylation is 1. The maximum absolute atomic E-state index is 11.6. The summed E-state index contributed by atoms with van der Waals surface area (Å²) in [6, 6.07) is 16.7. The molecule has 2 atom stereocenters. The van der Waals surface area contributed by atoms with Crippen LogP contribution in [0.4, 0.5) is 4.79 Å². The Kier molecular flexibility index (Phi) is 6.78. The van der Waals surface area contributed by atoms with E-state index in [0.29, 0.717) is 5.56 Å². The fourth-order valence-electron chi connectivity index (χ4n) is 2.25. The molecule has 0 spiro atoms. The number of ether oxygens (including phenoxy) is 1. The van der Waals surface area contributed by atoms with E-state index < -0.39 is 18.3 Å². The summed E-state index contributed by atoms with van der Waals surface area (Å²) in [5, 5.41) is 22.6. The molecule has 0 aliphatic carbocycles. The molecule has 0 fully saturated rings. The number of nitrogens with one attached hydrogen (secondary N) is 1. The fourth-order valence-corrected chi connectivity index (χ4v) is 2.25. The highest BCUT2D eigenvalue weighted by Gasteiger charge is 2.19. The lowest BCUT2D eigenvalue weighted by atomic mass is 10.0. The van der Waals surface area contributed by atoms with Gasteiger partial charge < -0.3 is 20.3 Å². The quantitative estimate of drug-likeness (QED) is 0.729. The maximum atomic E-state index is 11.6. The molecule has 0 aliphatic heterocycles. The van der Waals surface area contributed by atoms with Crippen LogP contribution in [0.25, 0.3) is 0 Å².